The molecule has 480 valence electrons. The fourth-order valence-corrected chi connectivity index (χ4v) is 13.5. The fourth-order valence-electron chi connectivity index (χ4n) is 10.8. The molecule has 4 fully saturated rings. The second-order valence-electron chi connectivity index (χ2n) is 24.5. The van der Waals surface area contributed by atoms with E-state index >= 15 is 0 Å². The number of nitrogens with zero attached hydrogens (tertiary/aromatic N) is 4. The Bertz CT molecular complexity index is 3560. The average Bonchev–Trinajstić information content (AvgIpc) is 0.786. The molecule has 5 aliphatic heterocycles. The minimum atomic E-state index is -1.87. The van der Waals surface area contributed by atoms with Crippen LogP contribution in [0.5, 0.6) is 28.7 Å². The van der Waals surface area contributed by atoms with Crippen molar-refractivity contribution in [3.8, 4) is 28.7 Å². The summed E-state index contributed by atoms with van der Waals surface area (Å²) < 4.78 is 60.4. The first-order valence-corrected chi connectivity index (χ1v) is 31.9. The van der Waals surface area contributed by atoms with Crippen molar-refractivity contribution in [3.05, 3.63) is 135 Å². The number of rotatable bonds is 24. The Morgan fingerprint density at radius 1 is 0.789 bits per heavy atom. The number of halogens is 1. The summed E-state index contributed by atoms with van der Waals surface area (Å²) in [5.74, 6) is -1.25. The molecule has 4 amide bonds. The molecule has 6 heterocycles. The van der Waals surface area contributed by atoms with Crippen LogP contribution in [-0.2, 0) is 68.8 Å². The Balaban J connectivity index is 0.910. The molecular weight excluding hydrogens is 1220 g/mol. The van der Waals surface area contributed by atoms with E-state index in [1.54, 1.807) is 92.2 Å². The predicted molar refractivity (Wildman–Crippen MR) is 335 cm³/mol. The van der Waals surface area contributed by atoms with Crippen LogP contribution in [-0.4, -0.2) is 149 Å². The number of hydrogen-bond donors (Lipinski definition) is 3. The van der Waals surface area contributed by atoms with Gasteiger partial charge in [0.05, 0.1) is 68.1 Å². The number of aromatic nitrogens is 1. The highest BCUT2D eigenvalue weighted by Crippen LogP contribution is 2.46. The SMILES string of the molecule is COc1ccc(COC(=O)C2=C(C[N+]34CCC(CNC(=O)c5ccc(OCc6ccc(OC)cc6)c(OCc6ccc(OC)cc6)c5Cl)(CC3)CC4)CS(=O)[C@@H]3[C@H](NC(=O)/C(=N\O[C@@H](C)C(=O)OC(C)(C)C)c4csc(NC(=O)OC(C)(C)C)n4)C(=O)N23)cc1. The highest BCUT2D eigenvalue weighted by Gasteiger charge is 2.59. The summed E-state index contributed by atoms with van der Waals surface area (Å²) in [4.78, 5) is 94.4. The van der Waals surface area contributed by atoms with Crippen molar-refractivity contribution in [2.45, 2.75) is 116 Å². The number of carbonyl (C=O) groups excluding carboxylic acids is 6. The minimum absolute atomic E-state index is 0.0277. The number of thiazole rings is 1. The van der Waals surface area contributed by atoms with Gasteiger partial charge >= 0.3 is 18.0 Å². The molecule has 0 radical (unpaired) electrons. The largest absolute Gasteiger partial charge is 0.497 e. The first-order chi connectivity index (χ1) is 42.8. The Hall–Kier alpha value is -8.26. The van der Waals surface area contributed by atoms with Gasteiger partial charge in [-0.3, -0.25) is 28.8 Å². The fraction of sp³-hybridized carbons (Fsp3) is 0.438. The van der Waals surface area contributed by atoms with Crippen LogP contribution in [0.1, 0.15) is 100 Å². The van der Waals surface area contributed by atoms with Crippen LogP contribution in [0, 0.1) is 5.41 Å². The number of ether oxygens (including phenoxy) is 8. The van der Waals surface area contributed by atoms with E-state index in [1.807, 2.05) is 48.5 Å². The Morgan fingerprint density at radius 2 is 1.34 bits per heavy atom. The average molecular weight is 1300 g/mol. The lowest BCUT2D eigenvalue weighted by Crippen LogP contribution is -2.74. The highest BCUT2D eigenvalue weighted by atomic mass is 35.5. The second kappa shape index (κ2) is 27.9. The first kappa shape index (κ1) is 66.2. The molecule has 1 aromatic heterocycles. The smallest absolute Gasteiger partial charge is 0.413 e. The van der Waals surface area contributed by atoms with Gasteiger partial charge in [0.1, 0.15) is 77.6 Å². The summed E-state index contributed by atoms with van der Waals surface area (Å²) in [6.45, 7) is 14.2. The van der Waals surface area contributed by atoms with E-state index in [-0.39, 0.29) is 76.3 Å². The molecule has 0 saturated carbocycles. The molecule has 4 aromatic carbocycles. The summed E-state index contributed by atoms with van der Waals surface area (Å²) in [7, 11) is 2.86. The number of esters is 2. The molecule has 3 N–H and O–H groups in total. The van der Waals surface area contributed by atoms with Gasteiger partial charge in [-0.15, -0.1) is 11.3 Å². The number of amides is 4. The van der Waals surface area contributed by atoms with Crippen LogP contribution in [0.3, 0.4) is 0 Å². The monoisotopic (exact) mass is 1300 g/mol. The molecule has 1 unspecified atom stereocenters. The Kier molecular flexibility index (Phi) is 20.5. The maximum atomic E-state index is 14.6. The molecule has 0 aliphatic carbocycles. The summed E-state index contributed by atoms with van der Waals surface area (Å²) in [5.41, 5.74) is 0.436. The number of benzene rings is 4. The molecule has 23 nitrogen and oxygen atoms in total. The first-order valence-electron chi connectivity index (χ1n) is 29.2. The molecule has 5 aliphatic rings. The Labute approximate surface area is 533 Å². The maximum absolute atomic E-state index is 14.6. The van der Waals surface area contributed by atoms with Crippen LogP contribution in [0.15, 0.2) is 107 Å². The molecular formula is C64H75ClN7O16S2+. The zero-order valence-corrected chi connectivity index (χ0v) is 54.3. The number of fused-ring (bicyclic) bond motifs is 4. The molecule has 0 spiro atoms. The van der Waals surface area contributed by atoms with Crippen molar-refractivity contribution in [2.75, 3.05) is 65.1 Å². The summed E-state index contributed by atoms with van der Waals surface area (Å²) in [6, 6.07) is 23.7. The highest BCUT2D eigenvalue weighted by molar-refractivity contribution is 7.86. The van der Waals surface area contributed by atoms with Crippen molar-refractivity contribution in [1.82, 2.24) is 20.5 Å². The van der Waals surface area contributed by atoms with Gasteiger partial charge in [-0.1, -0.05) is 53.2 Å². The van der Waals surface area contributed by atoms with Gasteiger partial charge in [-0.2, -0.15) is 0 Å². The van der Waals surface area contributed by atoms with Crippen LogP contribution in [0.25, 0.3) is 0 Å². The number of hydrogen-bond acceptors (Lipinski definition) is 19. The third-order valence-corrected chi connectivity index (χ3v) is 18.5. The van der Waals surface area contributed by atoms with Gasteiger partial charge in [-0.05, 0) is 114 Å². The number of methoxy groups -OCH3 is 3. The van der Waals surface area contributed by atoms with E-state index in [9.17, 15) is 33.0 Å². The predicted octanol–water partition coefficient (Wildman–Crippen LogP) is 8.62. The number of quaternary nitrogens is 1. The zero-order chi connectivity index (χ0) is 64.7. The van der Waals surface area contributed by atoms with Gasteiger partial charge in [-0.25, -0.2) is 19.4 Å². The van der Waals surface area contributed by atoms with Crippen molar-refractivity contribution in [3.63, 3.8) is 0 Å². The van der Waals surface area contributed by atoms with E-state index in [1.165, 1.54) is 19.4 Å². The topological polar surface area (TPSA) is 267 Å². The second-order valence-corrected chi connectivity index (χ2v) is 27.2. The van der Waals surface area contributed by atoms with E-state index in [0.29, 0.717) is 84.1 Å². The lowest BCUT2D eigenvalue weighted by Gasteiger charge is -2.56. The normalized spacial score (nSPS) is 20.7. The number of oxime groups is 1. The van der Waals surface area contributed by atoms with Crippen LogP contribution in [0.2, 0.25) is 5.02 Å². The number of nitrogens with one attached hydrogen (secondary N) is 3. The molecule has 90 heavy (non-hydrogen) atoms. The molecule has 4 saturated heterocycles. The quantitative estimate of drug-likeness (QED) is 0.0130. The van der Waals surface area contributed by atoms with E-state index < -0.39 is 75.1 Å². The number of carbonyl (C=O) groups is 6. The van der Waals surface area contributed by atoms with E-state index in [0.717, 1.165) is 27.4 Å². The van der Waals surface area contributed by atoms with Gasteiger partial charge in [0.25, 0.3) is 17.7 Å². The van der Waals surface area contributed by atoms with Gasteiger partial charge in [0.2, 0.25) is 6.10 Å². The minimum Gasteiger partial charge on any atom is -0.497 e. The molecule has 5 aromatic rings. The third kappa shape index (κ3) is 16.0. The molecule has 4 atom stereocenters. The van der Waals surface area contributed by atoms with Crippen molar-refractivity contribution >= 4 is 80.3 Å². The van der Waals surface area contributed by atoms with Crippen molar-refractivity contribution < 1.29 is 80.2 Å². The molecule has 2 bridgehead atoms. The lowest BCUT2D eigenvalue weighted by molar-refractivity contribution is -0.941. The van der Waals surface area contributed by atoms with Gasteiger partial charge in [0.15, 0.2) is 22.3 Å². The number of anilines is 1. The standard InChI is InChI=1S/C64H74ClN7O16S2/c1-38(58(76)86-62(2,3)4)88-70-50(47-35-89-60(67-47)69-61(78)87-63(5,6)7)55(74)68-51-56(75)71-52(59(77)85-34-41-15-21-45(82-10)22-16-41)42(36-90(79)57(51)71)31-72-28-25-64(26-29-72,27-30-72)37-66-54(73)46-23-24-48(83-32-39-11-17-43(80-8)18-12-39)53(49(46)65)84-33-40-13-19-44(81-9)20-14-40/h11-24,35,38,51,57H,25-34,36-37H2,1-10H3,(H2-,66,67,68,69,73,74,78)/p+1/b70-50-/t38-,51+,57+,64?,72?,90?/m0/s1. The van der Waals surface area contributed by atoms with Crippen LogP contribution in [0.4, 0.5) is 9.93 Å². The van der Waals surface area contributed by atoms with Gasteiger partial charge < -0.3 is 57.8 Å². The van der Waals surface area contributed by atoms with E-state index in [4.69, 9.17) is 54.3 Å². The third-order valence-electron chi connectivity index (χ3n) is 15.7. The number of piperidine rings is 3. The van der Waals surface area contributed by atoms with Crippen molar-refractivity contribution in [2.24, 2.45) is 10.6 Å². The summed E-state index contributed by atoms with van der Waals surface area (Å²) in [5, 5.41) is 12.7. The van der Waals surface area contributed by atoms with Crippen molar-refractivity contribution in [1.29, 1.82) is 0 Å². The zero-order valence-electron chi connectivity index (χ0n) is 51.9. The van der Waals surface area contributed by atoms with Gasteiger partial charge in [0, 0.05) is 42.2 Å². The van der Waals surface area contributed by atoms with E-state index in [2.05, 4.69) is 26.1 Å². The number of β-lactam (4-membered cyclic amide) rings is 1. The maximum Gasteiger partial charge on any atom is 0.413 e. The molecule has 10 rings (SSSR count). The summed E-state index contributed by atoms with van der Waals surface area (Å²) >= 11 is 8.02. The summed E-state index contributed by atoms with van der Waals surface area (Å²) in [6.07, 6.45) is 0.0153. The van der Waals surface area contributed by atoms with Crippen LogP contribution < -0.4 is 39.6 Å². The Morgan fingerprint density at radius 3 is 1.90 bits per heavy atom. The lowest BCUT2D eigenvalue weighted by atomic mass is 9.70. The van der Waals surface area contributed by atoms with Crippen LogP contribution >= 0.6 is 22.9 Å². The molecule has 26 heteroatoms.